The molecule has 0 saturated heterocycles. The first-order chi connectivity index (χ1) is 12.3. The number of likely N-dealkylation sites (N-methyl/N-ethyl adjacent to an activating group) is 1. The van der Waals surface area contributed by atoms with E-state index in [0.29, 0.717) is 12.0 Å². The van der Waals surface area contributed by atoms with Gasteiger partial charge < -0.3 is 10.2 Å². The van der Waals surface area contributed by atoms with Crippen molar-refractivity contribution >= 4 is 23.4 Å². The third-order valence-corrected chi connectivity index (χ3v) is 4.15. The summed E-state index contributed by atoms with van der Waals surface area (Å²) in [5, 5.41) is 2.67. The van der Waals surface area contributed by atoms with E-state index in [4.69, 9.17) is 0 Å². The lowest BCUT2D eigenvalue weighted by Crippen LogP contribution is -2.40. The Kier molecular flexibility index (Phi) is 8.68. The number of benzene rings is 1. The summed E-state index contributed by atoms with van der Waals surface area (Å²) in [5.74, 6) is -1.97. The number of amides is 2. The Bertz CT molecular complexity index is 640. The Labute approximate surface area is 154 Å². The van der Waals surface area contributed by atoms with Gasteiger partial charge >= 0.3 is 0 Å². The first-order valence-corrected chi connectivity index (χ1v) is 8.90. The van der Waals surface area contributed by atoms with Gasteiger partial charge in [-0.2, -0.15) is 0 Å². The van der Waals surface area contributed by atoms with Crippen LogP contribution in [0.3, 0.4) is 0 Å². The molecule has 1 aromatic rings. The zero-order valence-corrected chi connectivity index (χ0v) is 16.0. The predicted octanol–water partition coefficient (Wildman–Crippen LogP) is 2.29. The quantitative estimate of drug-likeness (QED) is 0.649. The van der Waals surface area contributed by atoms with Gasteiger partial charge in [-0.25, -0.2) is 0 Å². The molecule has 0 saturated carbocycles. The van der Waals surface area contributed by atoms with Crippen LogP contribution in [0.15, 0.2) is 30.3 Å². The van der Waals surface area contributed by atoms with Crippen LogP contribution in [0.2, 0.25) is 0 Å². The molecule has 0 aromatic heterocycles. The zero-order valence-electron chi connectivity index (χ0n) is 16.0. The number of nitrogens with zero attached hydrogens (tertiary/aromatic N) is 1. The van der Waals surface area contributed by atoms with Crippen molar-refractivity contribution in [3.8, 4) is 0 Å². The summed E-state index contributed by atoms with van der Waals surface area (Å²) in [7, 11) is 3.23. The van der Waals surface area contributed by atoms with Gasteiger partial charge in [0.25, 0.3) is 0 Å². The summed E-state index contributed by atoms with van der Waals surface area (Å²) in [6.45, 7) is 3.68. The summed E-state index contributed by atoms with van der Waals surface area (Å²) < 4.78 is 0. The standard InChI is InChI=1S/C20H28N2O4/c1-5-9-14(2)19(25)16(23)12-13-17(24)21-18(20(26)22(3)4)15-10-7-6-8-11-15/h6-8,10-11,14,18H,5,9,12-13H2,1-4H3,(H,21,24)/t14?,18-/m0/s1. The van der Waals surface area contributed by atoms with Gasteiger partial charge in [0.1, 0.15) is 6.04 Å². The van der Waals surface area contributed by atoms with Crippen LogP contribution in [0.25, 0.3) is 0 Å². The fourth-order valence-corrected chi connectivity index (χ4v) is 2.61. The minimum Gasteiger partial charge on any atom is -0.347 e. The van der Waals surface area contributed by atoms with E-state index < -0.39 is 23.5 Å². The van der Waals surface area contributed by atoms with Gasteiger partial charge in [-0.15, -0.1) is 0 Å². The molecule has 0 heterocycles. The maximum Gasteiger partial charge on any atom is 0.249 e. The van der Waals surface area contributed by atoms with Crippen LogP contribution in [0.5, 0.6) is 0 Å². The summed E-state index contributed by atoms with van der Waals surface area (Å²) in [6.07, 6.45) is 1.22. The second-order valence-corrected chi connectivity index (χ2v) is 6.62. The number of rotatable bonds is 10. The van der Waals surface area contributed by atoms with Gasteiger partial charge in [0, 0.05) is 32.9 Å². The molecule has 6 heteroatoms. The number of carbonyl (C=O) groups is 4. The summed E-state index contributed by atoms with van der Waals surface area (Å²) in [6, 6.07) is 8.10. The van der Waals surface area contributed by atoms with Crippen molar-refractivity contribution in [2.75, 3.05) is 14.1 Å². The molecule has 0 aliphatic carbocycles. The minimum absolute atomic E-state index is 0.118. The van der Waals surface area contributed by atoms with Gasteiger partial charge in [-0.05, 0) is 12.0 Å². The third-order valence-electron chi connectivity index (χ3n) is 4.15. The van der Waals surface area contributed by atoms with Gasteiger partial charge in [-0.1, -0.05) is 50.6 Å². The maximum absolute atomic E-state index is 12.4. The van der Waals surface area contributed by atoms with E-state index in [-0.39, 0.29) is 24.7 Å². The molecule has 0 bridgehead atoms. The smallest absolute Gasteiger partial charge is 0.249 e. The number of hydrogen-bond acceptors (Lipinski definition) is 4. The Morgan fingerprint density at radius 2 is 1.65 bits per heavy atom. The minimum atomic E-state index is -0.816. The zero-order chi connectivity index (χ0) is 19.7. The van der Waals surface area contributed by atoms with E-state index in [1.54, 1.807) is 45.3 Å². The Hall–Kier alpha value is -2.50. The molecule has 1 unspecified atom stereocenters. The van der Waals surface area contributed by atoms with Crippen molar-refractivity contribution in [1.29, 1.82) is 0 Å². The molecule has 142 valence electrons. The molecular formula is C20H28N2O4. The normalized spacial score (nSPS) is 12.8. The topological polar surface area (TPSA) is 83.5 Å². The van der Waals surface area contributed by atoms with E-state index in [1.165, 1.54) is 4.90 Å². The Morgan fingerprint density at radius 3 is 2.19 bits per heavy atom. The van der Waals surface area contributed by atoms with Crippen molar-refractivity contribution in [1.82, 2.24) is 10.2 Å². The molecule has 0 radical (unpaired) electrons. The lowest BCUT2D eigenvalue weighted by Gasteiger charge is -2.22. The molecule has 1 N–H and O–H groups in total. The maximum atomic E-state index is 12.4. The third kappa shape index (κ3) is 6.43. The highest BCUT2D eigenvalue weighted by molar-refractivity contribution is 6.38. The number of Topliss-reactive ketones (excluding diaryl/α,β-unsaturated/α-hetero) is 2. The molecule has 2 atom stereocenters. The van der Waals surface area contributed by atoms with Crippen LogP contribution in [0.1, 0.15) is 51.1 Å². The lowest BCUT2D eigenvalue weighted by molar-refractivity contribution is -0.139. The van der Waals surface area contributed by atoms with E-state index in [9.17, 15) is 19.2 Å². The average molecular weight is 360 g/mol. The van der Waals surface area contributed by atoms with Crippen molar-refractivity contribution in [2.24, 2.45) is 5.92 Å². The van der Waals surface area contributed by atoms with E-state index in [2.05, 4.69) is 5.32 Å². The molecule has 6 nitrogen and oxygen atoms in total. The fraction of sp³-hybridized carbons (Fsp3) is 0.500. The van der Waals surface area contributed by atoms with Crippen LogP contribution in [-0.2, 0) is 19.2 Å². The monoisotopic (exact) mass is 360 g/mol. The molecule has 1 aromatic carbocycles. The van der Waals surface area contributed by atoms with Crippen LogP contribution in [0.4, 0.5) is 0 Å². The van der Waals surface area contributed by atoms with Crippen molar-refractivity contribution in [3.05, 3.63) is 35.9 Å². The Balaban J connectivity index is 2.69. The van der Waals surface area contributed by atoms with Crippen LogP contribution >= 0.6 is 0 Å². The van der Waals surface area contributed by atoms with Crippen molar-refractivity contribution in [2.45, 2.75) is 45.6 Å². The first-order valence-electron chi connectivity index (χ1n) is 8.90. The van der Waals surface area contributed by atoms with Crippen LogP contribution < -0.4 is 5.32 Å². The summed E-state index contributed by atoms with van der Waals surface area (Å²) >= 11 is 0. The van der Waals surface area contributed by atoms with Crippen molar-refractivity contribution < 1.29 is 19.2 Å². The summed E-state index contributed by atoms with van der Waals surface area (Å²) in [5.41, 5.74) is 0.665. The highest BCUT2D eigenvalue weighted by atomic mass is 16.2. The molecular weight excluding hydrogens is 332 g/mol. The molecule has 26 heavy (non-hydrogen) atoms. The van der Waals surface area contributed by atoms with E-state index >= 15 is 0 Å². The number of nitrogens with one attached hydrogen (secondary N) is 1. The SMILES string of the molecule is CCCC(C)C(=O)C(=O)CCC(=O)N[C@H](C(=O)N(C)C)c1ccccc1. The van der Waals surface area contributed by atoms with E-state index in [1.807, 2.05) is 13.0 Å². The molecule has 0 aliphatic heterocycles. The van der Waals surface area contributed by atoms with E-state index in [0.717, 1.165) is 6.42 Å². The molecule has 2 amide bonds. The second-order valence-electron chi connectivity index (χ2n) is 6.62. The van der Waals surface area contributed by atoms with Gasteiger partial charge in [0.2, 0.25) is 17.6 Å². The molecule has 0 fully saturated rings. The Morgan fingerprint density at radius 1 is 1.04 bits per heavy atom. The number of ketones is 2. The number of carbonyl (C=O) groups excluding carboxylic acids is 4. The highest BCUT2D eigenvalue weighted by Crippen LogP contribution is 2.15. The molecule has 0 spiro atoms. The largest absolute Gasteiger partial charge is 0.347 e. The molecule has 0 aliphatic rings. The van der Waals surface area contributed by atoms with Gasteiger partial charge in [-0.3, -0.25) is 19.2 Å². The van der Waals surface area contributed by atoms with Crippen LogP contribution in [-0.4, -0.2) is 42.4 Å². The van der Waals surface area contributed by atoms with Crippen molar-refractivity contribution in [3.63, 3.8) is 0 Å². The highest BCUT2D eigenvalue weighted by Gasteiger charge is 2.25. The van der Waals surface area contributed by atoms with Gasteiger partial charge in [0.05, 0.1) is 0 Å². The van der Waals surface area contributed by atoms with Gasteiger partial charge in [0.15, 0.2) is 5.78 Å². The second kappa shape index (κ2) is 10.5. The molecule has 1 rings (SSSR count). The first kappa shape index (κ1) is 21.5. The predicted molar refractivity (Wildman–Crippen MR) is 99.3 cm³/mol. The number of hydrogen-bond donors (Lipinski definition) is 1. The lowest BCUT2D eigenvalue weighted by atomic mass is 9.96. The van der Waals surface area contributed by atoms with Crippen LogP contribution in [0, 0.1) is 5.92 Å². The fourth-order valence-electron chi connectivity index (χ4n) is 2.61. The summed E-state index contributed by atoms with van der Waals surface area (Å²) in [4.78, 5) is 49.9. The average Bonchev–Trinajstić information content (AvgIpc) is 2.63.